The molecule has 0 radical (unpaired) electrons. The van der Waals surface area contributed by atoms with Gasteiger partial charge in [-0.25, -0.2) is 4.99 Å². The van der Waals surface area contributed by atoms with Gasteiger partial charge in [-0.05, 0) is 17.7 Å². The molecule has 1 aromatic carbocycles. The van der Waals surface area contributed by atoms with Gasteiger partial charge in [0.05, 0.1) is 13.3 Å². The molecule has 0 fully saturated rings. The number of nitrogens with one attached hydrogen (secondary N) is 2. The van der Waals surface area contributed by atoms with Crippen molar-refractivity contribution in [1.29, 1.82) is 5.26 Å². The van der Waals surface area contributed by atoms with Crippen molar-refractivity contribution in [3.8, 4) is 17.7 Å². The number of rotatable bonds is 2. The number of guanidine groups is 1. The number of hydrogen-bond acceptors (Lipinski definition) is 7. The molecule has 0 saturated heterocycles. The molecular formula is C12H13N5O2. The first-order valence-electron chi connectivity index (χ1n) is 5.89. The zero-order valence-corrected chi connectivity index (χ0v) is 10.2. The Morgan fingerprint density at radius 1 is 1.42 bits per heavy atom. The van der Waals surface area contributed by atoms with Crippen molar-refractivity contribution in [2.45, 2.75) is 6.54 Å². The molecular weight excluding hydrogens is 246 g/mol. The molecule has 3 rings (SSSR count). The lowest BCUT2D eigenvalue weighted by atomic mass is 10.2. The van der Waals surface area contributed by atoms with Gasteiger partial charge in [-0.2, -0.15) is 5.26 Å². The predicted octanol–water partition coefficient (Wildman–Crippen LogP) is 0.162. The Morgan fingerprint density at radius 2 is 2.32 bits per heavy atom. The van der Waals surface area contributed by atoms with E-state index in [0.29, 0.717) is 19.3 Å². The quantitative estimate of drug-likeness (QED) is 0.581. The highest BCUT2D eigenvalue weighted by molar-refractivity contribution is 5.81. The minimum Gasteiger partial charge on any atom is -0.454 e. The minimum absolute atomic E-state index is 0.289. The monoisotopic (exact) mass is 259 g/mol. The lowest BCUT2D eigenvalue weighted by Gasteiger charge is -2.25. The average molecular weight is 259 g/mol. The molecule has 1 aromatic rings. The topological polar surface area (TPSA) is 81.9 Å². The zero-order chi connectivity index (χ0) is 13.1. The smallest absolute Gasteiger partial charge is 0.231 e. The van der Waals surface area contributed by atoms with Crippen molar-refractivity contribution in [3.05, 3.63) is 23.8 Å². The fraction of sp³-hybridized carbons (Fsp3) is 0.333. The molecule has 19 heavy (non-hydrogen) atoms. The first-order valence-corrected chi connectivity index (χ1v) is 5.89. The van der Waals surface area contributed by atoms with Gasteiger partial charge in [0.1, 0.15) is 0 Å². The highest BCUT2D eigenvalue weighted by Crippen LogP contribution is 2.32. The number of hydrogen-bond donors (Lipinski definition) is 2. The summed E-state index contributed by atoms with van der Waals surface area (Å²) in [4.78, 5) is 6.32. The van der Waals surface area contributed by atoms with E-state index in [-0.39, 0.29) is 6.79 Å². The minimum atomic E-state index is 0.289. The molecule has 0 amide bonds. The Hall–Kier alpha value is -2.46. The van der Waals surface area contributed by atoms with Crippen molar-refractivity contribution in [3.63, 3.8) is 0 Å². The summed E-state index contributed by atoms with van der Waals surface area (Å²) in [5, 5.41) is 14.0. The zero-order valence-electron chi connectivity index (χ0n) is 10.2. The number of nitriles is 1. The summed E-state index contributed by atoms with van der Waals surface area (Å²) < 4.78 is 10.6. The van der Waals surface area contributed by atoms with Gasteiger partial charge in [-0.1, -0.05) is 6.07 Å². The standard InChI is InChI=1S/C12H13N5O2/c13-5-14-12-15-6-17(7-16-12)4-9-1-2-10-11(3-9)19-8-18-10/h1-3H,4,6-8H2,(H2,14,15,16). The molecule has 98 valence electrons. The van der Waals surface area contributed by atoms with E-state index in [1.165, 1.54) is 0 Å². The van der Waals surface area contributed by atoms with E-state index in [2.05, 4.69) is 20.5 Å². The predicted molar refractivity (Wildman–Crippen MR) is 67.2 cm³/mol. The Morgan fingerprint density at radius 3 is 3.11 bits per heavy atom. The highest BCUT2D eigenvalue weighted by Gasteiger charge is 2.16. The number of ether oxygens (including phenoxy) is 2. The Bertz CT molecular complexity index is 552. The molecule has 0 aliphatic carbocycles. The lowest BCUT2D eigenvalue weighted by Crippen LogP contribution is -2.47. The SMILES string of the molecule is N#CNC1=NCN(Cc2ccc3c(c2)OCO3)CN1. The molecule has 2 heterocycles. The summed E-state index contributed by atoms with van der Waals surface area (Å²) in [6.45, 7) is 2.23. The van der Waals surface area contributed by atoms with Gasteiger partial charge >= 0.3 is 0 Å². The normalized spacial score (nSPS) is 17.3. The van der Waals surface area contributed by atoms with Crippen LogP contribution in [0.5, 0.6) is 11.5 Å². The van der Waals surface area contributed by atoms with Gasteiger partial charge in [0.2, 0.25) is 12.8 Å². The third kappa shape index (κ3) is 2.53. The number of benzene rings is 1. The molecule has 2 aliphatic heterocycles. The molecule has 7 nitrogen and oxygen atoms in total. The maximum Gasteiger partial charge on any atom is 0.231 e. The third-order valence-electron chi connectivity index (χ3n) is 2.92. The number of fused-ring (bicyclic) bond motifs is 1. The van der Waals surface area contributed by atoms with Crippen molar-refractivity contribution in [2.24, 2.45) is 4.99 Å². The summed E-state index contributed by atoms with van der Waals surface area (Å²) >= 11 is 0. The fourth-order valence-electron chi connectivity index (χ4n) is 2.00. The largest absolute Gasteiger partial charge is 0.454 e. The van der Waals surface area contributed by atoms with Crippen LogP contribution in [0.15, 0.2) is 23.2 Å². The van der Waals surface area contributed by atoms with Gasteiger partial charge in [0.25, 0.3) is 0 Å². The maximum atomic E-state index is 8.49. The first-order chi connectivity index (χ1) is 9.35. The Kier molecular flexibility index (Phi) is 3.08. The van der Waals surface area contributed by atoms with Crippen LogP contribution in [-0.2, 0) is 6.54 Å². The van der Waals surface area contributed by atoms with E-state index in [1.807, 2.05) is 24.4 Å². The highest BCUT2D eigenvalue weighted by atomic mass is 16.7. The number of nitrogens with zero attached hydrogens (tertiary/aromatic N) is 3. The molecule has 0 atom stereocenters. The van der Waals surface area contributed by atoms with Crippen LogP contribution >= 0.6 is 0 Å². The number of aliphatic imine (C=N–C) groups is 1. The van der Waals surface area contributed by atoms with Gasteiger partial charge in [-0.15, -0.1) is 0 Å². The van der Waals surface area contributed by atoms with Crippen LogP contribution in [0.25, 0.3) is 0 Å². The van der Waals surface area contributed by atoms with Gasteiger partial charge in [0, 0.05) is 6.54 Å². The molecule has 0 bridgehead atoms. The third-order valence-corrected chi connectivity index (χ3v) is 2.92. The average Bonchev–Trinajstić information content (AvgIpc) is 2.89. The summed E-state index contributed by atoms with van der Waals surface area (Å²) in [7, 11) is 0. The fourth-order valence-corrected chi connectivity index (χ4v) is 2.00. The summed E-state index contributed by atoms with van der Waals surface area (Å²) in [6.07, 6.45) is 1.84. The second-order valence-corrected chi connectivity index (χ2v) is 4.24. The van der Waals surface area contributed by atoms with E-state index < -0.39 is 0 Å². The summed E-state index contributed by atoms with van der Waals surface area (Å²) in [5.74, 6) is 2.10. The second-order valence-electron chi connectivity index (χ2n) is 4.24. The molecule has 2 aliphatic rings. The van der Waals surface area contributed by atoms with Crippen LogP contribution < -0.4 is 20.1 Å². The van der Waals surface area contributed by atoms with Crippen LogP contribution in [0.3, 0.4) is 0 Å². The maximum absolute atomic E-state index is 8.49. The summed E-state index contributed by atoms with van der Waals surface area (Å²) in [6, 6.07) is 5.91. The van der Waals surface area contributed by atoms with Crippen LogP contribution in [0.4, 0.5) is 0 Å². The van der Waals surface area contributed by atoms with E-state index in [1.54, 1.807) is 0 Å². The van der Waals surface area contributed by atoms with Gasteiger partial charge in [-0.3, -0.25) is 10.2 Å². The Balaban J connectivity index is 1.62. The van der Waals surface area contributed by atoms with E-state index in [9.17, 15) is 0 Å². The molecule has 0 saturated carbocycles. The molecule has 0 aromatic heterocycles. The lowest BCUT2D eigenvalue weighted by molar-refractivity contribution is 0.174. The van der Waals surface area contributed by atoms with Gasteiger partial charge in [0.15, 0.2) is 17.7 Å². The van der Waals surface area contributed by atoms with E-state index in [4.69, 9.17) is 14.7 Å². The van der Waals surface area contributed by atoms with Crippen LogP contribution in [0.2, 0.25) is 0 Å². The summed E-state index contributed by atoms with van der Waals surface area (Å²) in [5.41, 5.74) is 1.14. The second kappa shape index (κ2) is 5.04. The van der Waals surface area contributed by atoms with Crippen molar-refractivity contribution < 1.29 is 9.47 Å². The van der Waals surface area contributed by atoms with Crippen molar-refractivity contribution >= 4 is 5.96 Å². The molecule has 7 heteroatoms. The Labute approximate surface area is 110 Å². The van der Waals surface area contributed by atoms with E-state index in [0.717, 1.165) is 23.6 Å². The molecule has 2 N–H and O–H groups in total. The first kappa shape index (κ1) is 11.6. The van der Waals surface area contributed by atoms with Crippen LogP contribution in [-0.4, -0.2) is 31.0 Å². The molecule has 0 unspecified atom stereocenters. The van der Waals surface area contributed by atoms with E-state index >= 15 is 0 Å². The van der Waals surface area contributed by atoms with Gasteiger partial charge < -0.3 is 14.8 Å². The van der Waals surface area contributed by atoms with Crippen LogP contribution in [0.1, 0.15) is 5.56 Å². The van der Waals surface area contributed by atoms with Crippen molar-refractivity contribution in [2.75, 3.05) is 20.1 Å². The molecule has 0 spiro atoms. The van der Waals surface area contributed by atoms with Crippen molar-refractivity contribution in [1.82, 2.24) is 15.5 Å². The van der Waals surface area contributed by atoms with Crippen LogP contribution in [0, 0.1) is 11.5 Å².